The van der Waals surface area contributed by atoms with E-state index in [9.17, 15) is 4.79 Å². The molecular weight excluding hydrogens is 312 g/mol. The maximum atomic E-state index is 12.3. The second kappa shape index (κ2) is 7.62. The van der Waals surface area contributed by atoms with Gasteiger partial charge in [-0.25, -0.2) is 4.98 Å². The Morgan fingerprint density at radius 1 is 1.20 bits per heavy atom. The van der Waals surface area contributed by atoms with Gasteiger partial charge in [0.2, 0.25) is 0 Å². The van der Waals surface area contributed by atoms with E-state index in [-0.39, 0.29) is 5.78 Å². The summed E-state index contributed by atoms with van der Waals surface area (Å²) in [5.74, 6) is 1.53. The van der Waals surface area contributed by atoms with Gasteiger partial charge in [0, 0.05) is 25.0 Å². The van der Waals surface area contributed by atoms with Crippen LogP contribution in [0.5, 0.6) is 5.75 Å². The third-order valence-electron chi connectivity index (χ3n) is 3.90. The summed E-state index contributed by atoms with van der Waals surface area (Å²) in [6.45, 7) is 2.42. The van der Waals surface area contributed by atoms with Crippen molar-refractivity contribution in [1.29, 1.82) is 0 Å². The van der Waals surface area contributed by atoms with E-state index < -0.39 is 0 Å². The molecule has 0 atom stereocenters. The summed E-state index contributed by atoms with van der Waals surface area (Å²) < 4.78 is 7.61. The van der Waals surface area contributed by atoms with Crippen LogP contribution in [-0.4, -0.2) is 15.3 Å². The fourth-order valence-electron chi connectivity index (χ4n) is 2.44. The highest BCUT2D eigenvalue weighted by atomic mass is 16.5. The molecular formula is C21H20N2O2. The minimum atomic E-state index is -0.0304. The van der Waals surface area contributed by atoms with Gasteiger partial charge in [0.15, 0.2) is 5.78 Å². The third kappa shape index (κ3) is 4.44. The second-order valence-corrected chi connectivity index (χ2v) is 5.88. The Hall–Kier alpha value is -3.14. The van der Waals surface area contributed by atoms with E-state index in [4.69, 9.17) is 4.74 Å². The molecule has 4 nitrogen and oxygen atoms in total. The lowest BCUT2D eigenvalue weighted by atomic mass is 10.1. The lowest BCUT2D eigenvalue weighted by Crippen LogP contribution is -2.03. The van der Waals surface area contributed by atoms with Gasteiger partial charge in [0.05, 0.1) is 0 Å². The zero-order chi connectivity index (χ0) is 17.6. The zero-order valence-electron chi connectivity index (χ0n) is 14.3. The number of aryl methyl sites for hydroxylation is 2. The fraction of sp³-hybridized carbons (Fsp3) is 0.143. The van der Waals surface area contributed by atoms with Crippen molar-refractivity contribution in [3.05, 3.63) is 89.5 Å². The molecule has 0 radical (unpaired) electrons. The van der Waals surface area contributed by atoms with Gasteiger partial charge < -0.3 is 9.30 Å². The molecule has 3 rings (SSSR count). The average molecular weight is 332 g/mol. The lowest BCUT2D eigenvalue weighted by molar-refractivity contribution is 0.104. The van der Waals surface area contributed by atoms with Crippen molar-refractivity contribution in [1.82, 2.24) is 9.55 Å². The Bertz CT molecular complexity index is 892. The van der Waals surface area contributed by atoms with Gasteiger partial charge in [0.1, 0.15) is 18.2 Å². The lowest BCUT2D eigenvalue weighted by Gasteiger charge is -2.06. The van der Waals surface area contributed by atoms with Crippen LogP contribution < -0.4 is 4.74 Å². The first-order valence-electron chi connectivity index (χ1n) is 8.10. The van der Waals surface area contributed by atoms with E-state index in [1.165, 1.54) is 5.56 Å². The SMILES string of the molecule is Cc1cccc(/C=C/C(=O)c2ccc(OCc3nccn3C)cc2)c1. The van der Waals surface area contributed by atoms with Crippen LogP contribution in [0.1, 0.15) is 27.3 Å². The van der Waals surface area contributed by atoms with Crippen molar-refractivity contribution < 1.29 is 9.53 Å². The summed E-state index contributed by atoms with van der Waals surface area (Å²) in [7, 11) is 1.92. The highest BCUT2D eigenvalue weighted by molar-refractivity contribution is 6.06. The number of aromatic nitrogens is 2. The van der Waals surface area contributed by atoms with Crippen molar-refractivity contribution in [3.63, 3.8) is 0 Å². The highest BCUT2D eigenvalue weighted by Crippen LogP contribution is 2.15. The molecule has 25 heavy (non-hydrogen) atoms. The molecule has 3 aromatic rings. The zero-order valence-corrected chi connectivity index (χ0v) is 14.3. The average Bonchev–Trinajstić information content (AvgIpc) is 3.03. The van der Waals surface area contributed by atoms with E-state index in [1.54, 1.807) is 36.5 Å². The number of ketones is 1. The largest absolute Gasteiger partial charge is 0.486 e. The molecule has 0 spiro atoms. The van der Waals surface area contributed by atoms with Crippen LogP contribution in [-0.2, 0) is 13.7 Å². The molecule has 1 heterocycles. The van der Waals surface area contributed by atoms with Crippen molar-refractivity contribution >= 4 is 11.9 Å². The van der Waals surface area contributed by atoms with Gasteiger partial charge in [-0.15, -0.1) is 0 Å². The van der Waals surface area contributed by atoms with Crippen molar-refractivity contribution in [2.45, 2.75) is 13.5 Å². The molecule has 0 fully saturated rings. The first-order chi connectivity index (χ1) is 12.1. The Morgan fingerprint density at radius 3 is 2.68 bits per heavy atom. The fourth-order valence-corrected chi connectivity index (χ4v) is 2.44. The summed E-state index contributed by atoms with van der Waals surface area (Å²) in [6.07, 6.45) is 7.04. The standard InChI is InChI=1S/C21H20N2O2/c1-16-4-3-5-17(14-16)6-11-20(24)18-7-9-19(10-8-18)25-15-21-22-12-13-23(21)2/h3-14H,15H2,1-2H3/b11-6+. The van der Waals surface area contributed by atoms with Gasteiger partial charge in [-0.05, 0) is 42.8 Å². The molecule has 0 unspecified atom stereocenters. The normalized spacial score (nSPS) is 11.0. The van der Waals surface area contributed by atoms with Crippen molar-refractivity contribution in [2.24, 2.45) is 7.05 Å². The molecule has 0 N–H and O–H groups in total. The van der Waals surface area contributed by atoms with Gasteiger partial charge in [-0.3, -0.25) is 4.79 Å². The Balaban J connectivity index is 1.61. The van der Waals surface area contributed by atoms with Crippen LogP contribution in [0.3, 0.4) is 0 Å². The molecule has 4 heteroatoms. The van der Waals surface area contributed by atoms with E-state index in [0.717, 1.165) is 11.4 Å². The Morgan fingerprint density at radius 2 is 2.00 bits per heavy atom. The quantitative estimate of drug-likeness (QED) is 0.502. The summed E-state index contributed by atoms with van der Waals surface area (Å²) in [4.78, 5) is 16.5. The third-order valence-corrected chi connectivity index (χ3v) is 3.90. The van der Waals surface area contributed by atoms with E-state index >= 15 is 0 Å². The number of benzene rings is 2. The monoisotopic (exact) mass is 332 g/mol. The molecule has 2 aromatic carbocycles. The smallest absolute Gasteiger partial charge is 0.185 e. The minimum Gasteiger partial charge on any atom is -0.486 e. The molecule has 0 aliphatic carbocycles. The molecule has 0 saturated carbocycles. The molecule has 1 aromatic heterocycles. The summed E-state index contributed by atoms with van der Waals surface area (Å²) >= 11 is 0. The summed E-state index contributed by atoms with van der Waals surface area (Å²) in [6, 6.07) is 15.2. The van der Waals surface area contributed by atoms with Gasteiger partial charge >= 0.3 is 0 Å². The van der Waals surface area contributed by atoms with E-state index in [0.29, 0.717) is 17.9 Å². The highest BCUT2D eigenvalue weighted by Gasteiger charge is 2.04. The predicted octanol–water partition coefficient (Wildman–Crippen LogP) is 4.20. The Labute approximate surface area is 147 Å². The summed E-state index contributed by atoms with van der Waals surface area (Å²) in [5.41, 5.74) is 2.82. The van der Waals surface area contributed by atoms with Crippen molar-refractivity contribution in [2.75, 3.05) is 0 Å². The van der Waals surface area contributed by atoms with Gasteiger partial charge in [0.25, 0.3) is 0 Å². The van der Waals surface area contributed by atoms with Crippen molar-refractivity contribution in [3.8, 4) is 5.75 Å². The van der Waals surface area contributed by atoms with Crippen LogP contribution in [0.25, 0.3) is 6.08 Å². The van der Waals surface area contributed by atoms with Crippen LogP contribution in [0, 0.1) is 6.92 Å². The van der Waals surface area contributed by atoms with Crippen LogP contribution in [0.15, 0.2) is 67.0 Å². The van der Waals surface area contributed by atoms with Gasteiger partial charge in [-0.2, -0.15) is 0 Å². The molecule has 0 amide bonds. The number of ether oxygens (including phenoxy) is 1. The first-order valence-corrected chi connectivity index (χ1v) is 8.10. The van der Waals surface area contributed by atoms with Crippen LogP contribution in [0.4, 0.5) is 0 Å². The van der Waals surface area contributed by atoms with E-state index in [2.05, 4.69) is 4.98 Å². The topological polar surface area (TPSA) is 44.1 Å². The molecule has 0 bridgehead atoms. The first kappa shape index (κ1) is 16.7. The molecule has 126 valence electrons. The number of carbonyl (C=O) groups is 1. The number of rotatable bonds is 6. The van der Waals surface area contributed by atoms with Gasteiger partial charge in [-0.1, -0.05) is 35.9 Å². The maximum absolute atomic E-state index is 12.3. The number of hydrogen-bond acceptors (Lipinski definition) is 3. The van der Waals surface area contributed by atoms with E-state index in [1.807, 2.05) is 55.1 Å². The van der Waals surface area contributed by atoms with Crippen LogP contribution >= 0.6 is 0 Å². The number of imidazole rings is 1. The minimum absolute atomic E-state index is 0.0304. The number of allylic oxidation sites excluding steroid dienone is 1. The number of carbonyl (C=O) groups excluding carboxylic acids is 1. The Kier molecular flexibility index (Phi) is 5.09. The number of nitrogens with zero attached hydrogens (tertiary/aromatic N) is 2. The van der Waals surface area contributed by atoms with Crippen LogP contribution in [0.2, 0.25) is 0 Å². The molecule has 0 aliphatic heterocycles. The summed E-state index contributed by atoms with van der Waals surface area (Å²) in [5, 5.41) is 0. The predicted molar refractivity (Wildman–Crippen MR) is 98.5 cm³/mol. The molecule has 0 aliphatic rings. The number of hydrogen-bond donors (Lipinski definition) is 0. The molecule has 0 saturated heterocycles. The second-order valence-electron chi connectivity index (χ2n) is 5.88. The maximum Gasteiger partial charge on any atom is 0.185 e.